The zero-order valence-electron chi connectivity index (χ0n) is 16.6. The van der Waals surface area contributed by atoms with E-state index < -0.39 is 0 Å². The van der Waals surface area contributed by atoms with Crippen LogP contribution in [0.15, 0.2) is 73.2 Å². The number of para-hydroxylation sites is 1. The number of rotatable bonds is 4. The summed E-state index contributed by atoms with van der Waals surface area (Å²) in [5.41, 5.74) is 6.08. The van der Waals surface area contributed by atoms with Crippen molar-refractivity contribution in [2.75, 3.05) is 7.11 Å². The van der Waals surface area contributed by atoms with Crippen LogP contribution in [0, 0.1) is 6.92 Å². The van der Waals surface area contributed by atoms with Crippen LogP contribution >= 0.6 is 0 Å². The first kappa shape index (κ1) is 18.0. The van der Waals surface area contributed by atoms with Gasteiger partial charge in [-0.3, -0.25) is 4.98 Å². The molecule has 1 aromatic carbocycles. The molecule has 6 heteroatoms. The van der Waals surface area contributed by atoms with E-state index in [2.05, 4.69) is 26.0 Å². The molecule has 0 aliphatic carbocycles. The van der Waals surface area contributed by atoms with Crippen molar-refractivity contribution in [2.24, 2.45) is 0 Å². The van der Waals surface area contributed by atoms with Crippen molar-refractivity contribution < 1.29 is 4.74 Å². The molecule has 0 saturated heterocycles. The fourth-order valence-electron chi connectivity index (χ4n) is 3.54. The number of aryl methyl sites for hydroxylation is 1. The number of methoxy groups -OCH3 is 1. The topological polar surface area (TPSA) is 76.6 Å². The summed E-state index contributed by atoms with van der Waals surface area (Å²) < 4.78 is 5.52. The van der Waals surface area contributed by atoms with E-state index in [1.165, 1.54) is 0 Å². The number of aromatic nitrogens is 5. The summed E-state index contributed by atoms with van der Waals surface area (Å²) in [4.78, 5) is 21.8. The van der Waals surface area contributed by atoms with Gasteiger partial charge in [0.05, 0.1) is 12.8 Å². The number of nitrogens with zero attached hydrogens (tertiary/aromatic N) is 4. The Hall–Kier alpha value is -4.06. The first-order valence-corrected chi connectivity index (χ1v) is 9.61. The van der Waals surface area contributed by atoms with Crippen molar-refractivity contribution in [3.8, 4) is 39.7 Å². The maximum absolute atomic E-state index is 5.52. The SMILES string of the molecule is COc1ccccc1-c1cncc(-c2nc(-c3cccc(C)n3)nc3[nH]ccc23)c1. The highest BCUT2D eigenvalue weighted by Gasteiger charge is 2.15. The van der Waals surface area contributed by atoms with Crippen molar-refractivity contribution in [2.45, 2.75) is 6.92 Å². The van der Waals surface area contributed by atoms with Gasteiger partial charge in [-0.2, -0.15) is 0 Å². The minimum atomic E-state index is 0.575. The third-order valence-electron chi connectivity index (χ3n) is 4.96. The molecule has 4 aromatic heterocycles. The minimum Gasteiger partial charge on any atom is -0.496 e. The number of benzene rings is 1. The fourth-order valence-corrected chi connectivity index (χ4v) is 3.54. The molecule has 0 atom stereocenters. The lowest BCUT2D eigenvalue weighted by Gasteiger charge is -2.10. The Labute approximate surface area is 173 Å². The van der Waals surface area contributed by atoms with Crippen LogP contribution in [0.1, 0.15) is 5.69 Å². The Morgan fingerprint density at radius 1 is 0.867 bits per heavy atom. The zero-order chi connectivity index (χ0) is 20.5. The van der Waals surface area contributed by atoms with Crippen LogP contribution in [-0.4, -0.2) is 32.0 Å². The molecule has 0 unspecified atom stereocenters. The number of aromatic amines is 1. The van der Waals surface area contributed by atoms with E-state index in [1.807, 2.05) is 74.0 Å². The third kappa shape index (κ3) is 3.18. The molecule has 0 aliphatic rings. The monoisotopic (exact) mass is 393 g/mol. The largest absolute Gasteiger partial charge is 0.496 e. The number of hydrogen-bond donors (Lipinski definition) is 1. The predicted molar refractivity (Wildman–Crippen MR) is 117 cm³/mol. The number of hydrogen-bond acceptors (Lipinski definition) is 5. The average Bonchev–Trinajstić information content (AvgIpc) is 3.27. The van der Waals surface area contributed by atoms with Crippen LogP contribution in [0.4, 0.5) is 0 Å². The second-order valence-electron chi connectivity index (χ2n) is 6.96. The van der Waals surface area contributed by atoms with Gasteiger partial charge in [0.2, 0.25) is 0 Å². The van der Waals surface area contributed by atoms with E-state index in [9.17, 15) is 0 Å². The summed E-state index contributed by atoms with van der Waals surface area (Å²) in [5.74, 6) is 1.38. The maximum atomic E-state index is 5.52. The second kappa shape index (κ2) is 7.40. The van der Waals surface area contributed by atoms with Crippen LogP contribution in [0.3, 0.4) is 0 Å². The highest BCUT2D eigenvalue weighted by Crippen LogP contribution is 2.33. The normalized spacial score (nSPS) is 11.0. The molecule has 0 saturated carbocycles. The number of nitrogens with one attached hydrogen (secondary N) is 1. The molecule has 0 radical (unpaired) electrons. The molecule has 0 amide bonds. The van der Waals surface area contributed by atoms with Crippen LogP contribution in [0.5, 0.6) is 5.75 Å². The number of H-pyrrole nitrogens is 1. The van der Waals surface area contributed by atoms with Gasteiger partial charge in [-0.15, -0.1) is 0 Å². The van der Waals surface area contributed by atoms with E-state index in [-0.39, 0.29) is 0 Å². The summed E-state index contributed by atoms with van der Waals surface area (Å²) in [6.07, 6.45) is 5.52. The van der Waals surface area contributed by atoms with Crippen molar-refractivity contribution in [1.29, 1.82) is 0 Å². The molecule has 5 aromatic rings. The Bertz CT molecular complexity index is 1360. The summed E-state index contributed by atoms with van der Waals surface area (Å²) >= 11 is 0. The highest BCUT2D eigenvalue weighted by molar-refractivity contribution is 5.92. The Kier molecular flexibility index (Phi) is 4.44. The average molecular weight is 393 g/mol. The molecule has 5 rings (SSSR count). The maximum Gasteiger partial charge on any atom is 0.180 e. The van der Waals surface area contributed by atoms with Gasteiger partial charge < -0.3 is 9.72 Å². The quantitative estimate of drug-likeness (QED) is 0.461. The van der Waals surface area contributed by atoms with E-state index in [0.29, 0.717) is 5.82 Å². The van der Waals surface area contributed by atoms with Gasteiger partial charge in [0.1, 0.15) is 17.1 Å². The van der Waals surface area contributed by atoms with Gasteiger partial charge in [0.15, 0.2) is 5.82 Å². The molecular formula is C24H19N5O. The van der Waals surface area contributed by atoms with Gasteiger partial charge >= 0.3 is 0 Å². The van der Waals surface area contributed by atoms with Crippen LogP contribution in [0.2, 0.25) is 0 Å². The van der Waals surface area contributed by atoms with Gasteiger partial charge in [0, 0.05) is 46.4 Å². The first-order valence-electron chi connectivity index (χ1n) is 9.61. The van der Waals surface area contributed by atoms with E-state index in [4.69, 9.17) is 9.72 Å². The lowest BCUT2D eigenvalue weighted by molar-refractivity contribution is 0.416. The van der Waals surface area contributed by atoms with Crippen LogP contribution in [0.25, 0.3) is 44.9 Å². The smallest absolute Gasteiger partial charge is 0.180 e. The zero-order valence-corrected chi connectivity index (χ0v) is 16.6. The van der Waals surface area contributed by atoms with E-state index in [1.54, 1.807) is 7.11 Å². The lowest BCUT2D eigenvalue weighted by Crippen LogP contribution is -1.97. The second-order valence-corrected chi connectivity index (χ2v) is 6.96. The standard InChI is InChI=1S/C24H19N5O/c1-15-6-5-8-20(27-15)24-28-22(19-10-11-26-23(19)29-24)17-12-16(13-25-14-17)18-7-3-4-9-21(18)30-2/h3-14H,1-2H3,(H,26,28,29). The molecular weight excluding hydrogens is 374 g/mol. The summed E-state index contributed by atoms with van der Waals surface area (Å²) in [6.45, 7) is 1.96. The molecule has 1 N–H and O–H groups in total. The van der Waals surface area contributed by atoms with Crippen molar-refractivity contribution in [3.63, 3.8) is 0 Å². The van der Waals surface area contributed by atoms with Crippen molar-refractivity contribution in [1.82, 2.24) is 24.9 Å². The van der Waals surface area contributed by atoms with Crippen molar-refractivity contribution in [3.05, 3.63) is 78.9 Å². The highest BCUT2D eigenvalue weighted by atomic mass is 16.5. The summed E-state index contributed by atoms with van der Waals surface area (Å²) in [6, 6.07) is 17.8. The van der Waals surface area contributed by atoms with Gasteiger partial charge in [0.25, 0.3) is 0 Å². The fraction of sp³-hybridized carbons (Fsp3) is 0.0833. The lowest BCUT2D eigenvalue weighted by atomic mass is 10.0. The molecule has 0 fully saturated rings. The molecule has 0 aliphatic heterocycles. The van der Waals surface area contributed by atoms with Gasteiger partial charge in [-0.1, -0.05) is 24.3 Å². The van der Waals surface area contributed by atoms with Crippen LogP contribution in [-0.2, 0) is 0 Å². The number of pyridine rings is 2. The van der Waals surface area contributed by atoms with Gasteiger partial charge in [-0.05, 0) is 37.3 Å². The van der Waals surface area contributed by atoms with E-state index in [0.717, 1.165) is 50.6 Å². The van der Waals surface area contributed by atoms with Crippen molar-refractivity contribution >= 4 is 11.0 Å². The molecule has 6 nitrogen and oxygen atoms in total. The number of ether oxygens (including phenoxy) is 1. The van der Waals surface area contributed by atoms with Gasteiger partial charge in [-0.25, -0.2) is 15.0 Å². The van der Waals surface area contributed by atoms with Crippen LogP contribution < -0.4 is 4.74 Å². The Balaban J connectivity index is 1.69. The van der Waals surface area contributed by atoms with E-state index >= 15 is 0 Å². The number of fused-ring (bicyclic) bond motifs is 1. The molecule has 4 heterocycles. The molecule has 0 spiro atoms. The predicted octanol–water partition coefficient (Wildman–Crippen LogP) is 5.07. The Morgan fingerprint density at radius 3 is 2.60 bits per heavy atom. The Morgan fingerprint density at radius 2 is 1.73 bits per heavy atom. The minimum absolute atomic E-state index is 0.575. The molecule has 0 bridgehead atoms. The molecule has 30 heavy (non-hydrogen) atoms. The summed E-state index contributed by atoms with van der Waals surface area (Å²) in [7, 11) is 1.67. The third-order valence-corrected chi connectivity index (χ3v) is 4.96. The first-order chi connectivity index (χ1) is 14.7. The molecule has 146 valence electrons. The summed E-state index contributed by atoms with van der Waals surface area (Å²) in [5, 5.41) is 0.936.